The van der Waals surface area contributed by atoms with Crippen LogP contribution in [0, 0.1) is 6.92 Å². The third-order valence-corrected chi connectivity index (χ3v) is 6.44. The van der Waals surface area contributed by atoms with Crippen LogP contribution in [0.25, 0.3) is 27.0 Å². The molecule has 136 valence electrons. The maximum Gasteiger partial charge on any atom is 0.196 e. The molecular weight excluding hydrogens is 372 g/mol. The number of benzene rings is 2. The number of aryl methyl sites for hydroxylation is 1. The predicted octanol–water partition coefficient (Wildman–Crippen LogP) is 5.87. The molecule has 0 bridgehead atoms. The summed E-state index contributed by atoms with van der Waals surface area (Å²) in [5.74, 6) is 1.87. The third-order valence-electron chi connectivity index (χ3n) is 4.10. The molecule has 0 saturated carbocycles. The second-order valence-electron chi connectivity index (χ2n) is 6.13. The Morgan fingerprint density at radius 3 is 2.37 bits per heavy atom. The third kappa shape index (κ3) is 3.68. The maximum atomic E-state index is 4.79. The summed E-state index contributed by atoms with van der Waals surface area (Å²) in [6.07, 6.45) is 1.10. The second kappa shape index (κ2) is 8.06. The van der Waals surface area contributed by atoms with Gasteiger partial charge in [0, 0.05) is 17.0 Å². The van der Waals surface area contributed by atoms with E-state index in [4.69, 9.17) is 4.98 Å². The zero-order valence-electron chi connectivity index (χ0n) is 15.3. The topological polar surface area (TPSA) is 43.6 Å². The number of thiazole rings is 1. The van der Waals surface area contributed by atoms with Gasteiger partial charge in [0.1, 0.15) is 5.01 Å². The number of thioether (sulfide) groups is 1. The standard InChI is InChI=1S/C21H20N4S2/c1-3-14-26-21-24-23-19(25(21)17-12-8-5-9-13-17)18-15(2)22-20(27-18)16-10-6-4-7-11-16/h4-13H,3,14H2,1-2H3. The summed E-state index contributed by atoms with van der Waals surface area (Å²) in [7, 11) is 0. The summed E-state index contributed by atoms with van der Waals surface area (Å²) in [4.78, 5) is 5.86. The van der Waals surface area contributed by atoms with Gasteiger partial charge in [-0.2, -0.15) is 0 Å². The molecule has 0 aliphatic heterocycles. The first-order valence-corrected chi connectivity index (χ1v) is 10.7. The average molecular weight is 393 g/mol. The molecule has 4 aromatic rings. The van der Waals surface area contributed by atoms with Crippen LogP contribution in [-0.4, -0.2) is 25.5 Å². The number of para-hydroxylation sites is 1. The van der Waals surface area contributed by atoms with Crippen molar-refractivity contribution in [2.45, 2.75) is 25.4 Å². The van der Waals surface area contributed by atoms with Crippen molar-refractivity contribution < 1.29 is 0 Å². The van der Waals surface area contributed by atoms with E-state index in [0.717, 1.165) is 50.0 Å². The highest BCUT2D eigenvalue weighted by Crippen LogP contribution is 2.36. The molecule has 4 nitrogen and oxygen atoms in total. The normalized spacial score (nSPS) is 11.0. The smallest absolute Gasteiger partial charge is 0.196 e. The summed E-state index contributed by atoms with van der Waals surface area (Å²) in [5, 5.41) is 11.0. The van der Waals surface area contributed by atoms with E-state index < -0.39 is 0 Å². The van der Waals surface area contributed by atoms with E-state index in [1.807, 2.05) is 43.3 Å². The van der Waals surface area contributed by atoms with Crippen molar-refractivity contribution in [1.29, 1.82) is 0 Å². The fraction of sp³-hybridized carbons (Fsp3) is 0.190. The molecule has 0 fully saturated rings. The number of aromatic nitrogens is 4. The number of hydrogen-bond acceptors (Lipinski definition) is 5. The monoisotopic (exact) mass is 392 g/mol. The van der Waals surface area contributed by atoms with E-state index >= 15 is 0 Å². The lowest BCUT2D eigenvalue weighted by molar-refractivity contribution is 0.884. The van der Waals surface area contributed by atoms with Crippen molar-refractivity contribution in [1.82, 2.24) is 19.7 Å². The van der Waals surface area contributed by atoms with Crippen molar-refractivity contribution >= 4 is 23.1 Å². The Hall–Kier alpha value is -2.44. The lowest BCUT2D eigenvalue weighted by Crippen LogP contribution is -1.99. The van der Waals surface area contributed by atoms with E-state index in [9.17, 15) is 0 Å². The molecule has 27 heavy (non-hydrogen) atoms. The van der Waals surface area contributed by atoms with Gasteiger partial charge in [-0.15, -0.1) is 21.5 Å². The summed E-state index contributed by atoms with van der Waals surface area (Å²) >= 11 is 3.41. The first-order valence-electron chi connectivity index (χ1n) is 8.94. The van der Waals surface area contributed by atoms with Gasteiger partial charge in [-0.1, -0.05) is 67.2 Å². The molecule has 0 spiro atoms. The van der Waals surface area contributed by atoms with Crippen LogP contribution in [0.15, 0.2) is 65.8 Å². The lowest BCUT2D eigenvalue weighted by Gasteiger charge is -2.09. The highest BCUT2D eigenvalue weighted by atomic mass is 32.2. The minimum atomic E-state index is 0.858. The van der Waals surface area contributed by atoms with E-state index in [1.165, 1.54) is 0 Å². The van der Waals surface area contributed by atoms with Crippen LogP contribution in [0.2, 0.25) is 0 Å². The van der Waals surface area contributed by atoms with Crippen molar-refractivity contribution in [3.63, 3.8) is 0 Å². The van der Waals surface area contributed by atoms with Crippen molar-refractivity contribution in [2.24, 2.45) is 0 Å². The zero-order chi connectivity index (χ0) is 18.6. The fourth-order valence-corrected chi connectivity index (χ4v) is 4.67. The van der Waals surface area contributed by atoms with Gasteiger partial charge in [-0.3, -0.25) is 4.57 Å². The summed E-state index contributed by atoms with van der Waals surface area (Å²) in [5.41, 5.74) is 3.18. The molecule has 2 heterocycles. The van der Waals surface area contributed by atoms with Crippen molar-refractivity contribution in [2.75, 3.05) is 5.75 Å². The molecule has 2 aromatic carbocycles. The minimum Gasteiger partial charge on any atom is -0.269 e. The Morgan fingerprint density at radius 2 is 1.67 bits per heavy atom. The molecule has 0 unspecified atom stereocenters. The molecule has 4 rings (SSSR count). The predicted molar refractivity (Wildman–Crippen MR) is 114 cm³/mol. The molecule has 0 amide bonds. The van der Waals surface area contributed by atoms with Crippen LogP contribution < -0.4 is 0 Å². The zero-order valence-corrected chi connectivity index (χ0v) is 16.9. The van der Waals surface area contributed by atoms with Crippen LogP contribution in [0.1, 0.15) is 19.0 Å². The van der Waals surface area contributed by atoms with Crippen LogP contribution in [-0.2, 0) is 0 Å². The highest BCUT2D eigenvalue weighted by molar-refractivity contribution is 7.99. The van der Waals surface area contributed by atoms with Crippen LogP contribution in [0.5, 0.6) is 0 Å². The van der Waals surface area contributed by atoms with Gasteiger partial charge in [-0.05, 0) is 25.5 Å². The average Bonchev–Trinajstić information content (AvgIpc) is 3.31. The molecule has 0 atom stereocenters. The van der Waals surface area contributed by atoms with Gasteiger partial charge in [0.2, 0.25) is 0 Å². The van der Waals surface area contributed by atoms with Gasteiger partial charge in [0.15, 0.2) is 11.0 Å². The SMILES string of the molecule is CCCSc1nnc(-c2sc(-c3ccccc3)nc2C)n1-c1ccccc1. The summed E-state index contributed by atoms with van der Waals surface area (Å²) in [6, 6.07) is 20.6. The van der Waals surface area contributed by atoms with Crippen molar-refractivity contribution in [3.05, 3.63) is 66.4 Å². The largest absolute Gasteiger partial charge is 0.269 e. The molecule has 0 radical (unpaired) electrons. The Labute approximate surface area is 167 Å². The summed E-state index contributed by atoms with van der Waals surface area (Å²) in [6.45, 7) is 4.22. The van der Waals surface area contributed by atoms with Crippen LogP contribution in [0.3, 0.4) is 0 Å². The number of nitrogens with zero attached hydrogens (tertiary/aromatic N) is 4. The van der Waals surface area contributed by atoms with E-state index in [2.05, 4.69) is 46.0 Å². The highest BCUT2D eigenvalue weighted by Gasteiger charge is 2.20. The molecule has 2 aromatic heterocycles. The van der Waals surface area contributed by atoms with Gasteiger partial charge >= 0.3 is 0 Å². The Bertz CT molecular complexity index is 1020. The fourth-order valence-electron chi connectivity index (χ4n) is 2.82. The van der Waals surface area contributed by atoms with E-state index in [1.54, 1.807) is 23.1 Å². The van der Waals surface area contributed by atoms with E-state index in [0.29, 0.717) is 0 Å². The van der Waals surface area contributed by atoms with Gasteiger partial charge in [-0.25, -0.2) is 4.98 Å². The van der Waals surface area contributed by atoms with Gasteiger partial charge in [0.25, 0.3) is 0 Å². The molecule has 0 aliphatic carbocycles. The number of rotatable bonds is 6. The van der Waals surface area contributed by atoms with Gasteiger partial charge in [0.05, 0.1) is 10.6 Å². The molecular formula is C21H20N4S2. The maximum absolute atomic E-state index is 4.79. The lowest BCUT2D eigenvalue weighted by atomic mass is 10.2. The Kier molecular flexibility index (Phi) is 5.36. The minimum absolute atomic E-state index is 0.858. The van der Waals surface area contributed by atoms with Crippen molar-refractivity contribution in [3.8, 4) is 27.0 Å². The Morgan fingerprint density at radius 1 is 0.963 bits per heavy atom. The summed E-state index contributed by atoms with van der Waals surface area (Å²) < 4.78 is 2.15. The van der Waals surface area contributed by atoms with Crippen LogP contribution >= 0.6 is 23.1 Å². The quantitative estimate of drug-likeness (QED) is 0.385. The van der Waals surface area contributed by atoms with E-state index in [-0.39, 0.29) is 0 Å². The molecule has 6 heteroatoms. The van der Waals surface area contributed by atoms with Gasteiger partial charge < -0.3 is 0 Å². The molecule has 0 N–H and O–H groups in total. The van der Waals surface area contributed by atoms with Crippen LogP contribution in [0.4, 0.5) is 0 Å². The molecule has 0 aliphatic rings. The molecule has 0 saturated heterocycles. The first kappa shape index (κ1) is 17.9. The first-order chi connectivity index (χ1) is 13.3. The Balaban J connectivity index is 1.83. The number of hydrogen-bond donors (Lipinski definition) is 0. The second-order valence-corrected chi connectivity index (χ2v) is 8.19.